The minimum absolute atomic E-state index is 0.133. The molecule has 0 unspecified atom stereocenters. The van der Waals surface area contributed by atoms with Gasteiger partial charge in [-0.05, 0) is 36.2 Å². The molecule has 4 aromatic rings. The molecule has 2 aromatic heterocycles. The maximum absolute atomic E-state index is 13.0. The first-order chi connectivity index (χ1) is 13.1. The summed E-state index contributed by atoms with van der Waals surface area (Å²) in [5, 5.41) is 8.50. The Hall–Kier alpha value is -2.99. The Morgan fingerprint density at radius 2 is 1.85 bits per heavy atom. The summed E-state index contributed by atoms with van der Waals surface area (Å²) < 4.78 is 14.9. The summed E-state index contributed by atoms with van der Waals surface area (Å²) in [6.07, 6.45) is 0. The van der Waals surface area contributed by atoms with E-state index in [4.69, 9.17) is 0 Å². The highest BCUT2D eigenvalue weighted by molar-refractivity contribution is 7.20. The molecule has 0 saturated heterocycles. The lowest BCUT2D eigenvalue weighted by Crippen LogP contribution is -2.21. The van der Waals surface area contributed by atoms with Gasteiger partial charge in [-0.2, -0.15) is 5.10 Å². The van der Waals surface area contributed by atoms with Gasteiger partial charge in [-0.15, -0.1) is 11.3 Å². The average molecular weight is 379 g/mol. The number of aryl methyl sites for hydroxylation is 1. The molecular weight excluding hydrogens is 361 g/mol. The molecule has 4 rings (SSSR count). The quantitative estimate of drug-likeness (QED) is 0.554. The van der Waals surface area contributed by atoms with Gasteiger partial charge >= 0.3 is 0 Å². The normalized spacial score (nSPS) is 11.0. The summed E-state index contributed by atoms with van der Waals surface area (Å²) >= 11 is 1.44. The van der Waals surface area contributed by atoms with Gasteiger partial charge in [-0.25, -0.2) is 4.39 Å². The summed E-state index contributed by atoms with van der Waals surface area (Å²) in [6, 6.07) is 18.1. The number of aromatic nitrogens is 2. The summed E-state index contributed by atoms with van der Waals surface area (Å²) in [5.41, 5.74) is 2.93. The van der Waals surface area contributed by atoms with Crippen LogP contribution in [0.15, 0.2) is 60.7 Å². The molecule has 2 heterocycles. The molecule has 0 spiro atoms. The van der Waals surface area contributed by atoms with E-state index in [9.17, 15) is 9.18 Å². The SMILES string of the molecule is Cc1nn(Cc2ccccc2)c2sc(C(=O)NCc3ccc(F)cc3)cc12. The number of rotatable bonds is 5. The van der Waals surface area contributed by atoms with Crippen molar-refractivity contribution in [3.63, 3.8) is 0 Å². The summed E-state index contributed by atoms with van der Waals surface area (Å²) in [6.45, 7) is 2.99. The van der Waals surface area contributed by atoms with Gasteiger partial charge in [0.05, 0.1) is 17.1 Å². The van der Waals surface area contributed by atoms with Crippen LogP contribution in [-0.2, 0) is 13.1 Å². The topological polar surface area (TPSA) is 46.9 Å². The van der Waals surface area contributed by atoms with Crippen LogP contribution in [0.1, 0.15) is 26.5 Å². The third-order valence-corrected chi connectivity index (χ3v) is 5.52. The Balaban J connectivity index is 1.53. The first kappa shape index (κ1) is 17.4. The molecule has 27 heavy (non-hydrogen) atoms. The molecule has 1 N–H and O–H groups in total. The van der Waals surface area contributed by atoms with Gasteiger partial charge in [0.1, 0.15) is 10.6 Å². The second kappa shape index (κ2) is 7.32. The largest absolute Gasteiger partial charge is 0.347 e. The van der Waals surface area contributed by atoms with Gasteiger partial charge in [0.15, 0.2) is 0 Å². The third-order valence-electron chi connectivity index (χ3n) is 4.37. The molecule has 0 aliphatic heterocycles. The number of carbonyl (C=O) groups excluding carboxylic acids is 1. The van der Waals surface area contributed by atoms with Crippen LogP contribution in [0.25, 0.3) is 10.2 Å². The van der Waals surface area contributed by atoms with Crippen molar-refractivity contribution < 1.29 is 9.18 Å². The fraction of sp³-hybridized carbons (Fsp3) is 0.143. The first-order valence-electron chi connectivity index (χ1n) is 8.63. The number of thiophene rings is 1. The van der Waals surface area contributed by atoms with Crippen molar-refractivity contribution in [2.75, 3.05) is 0 Å². The lowest BCUT2D eigenvalue weighted by Gasteiger charge is -2.04. The molecule has 0 fully saturated rings. The summed E-state index contributed by atoms with van der Waals surface area (Å²) in [5.74, 6) is -0.417. The van der Waals surface area contributed by atoms with E-state index in [2.05, 4.69) is 22.5 Å². The highest BCUT2D eigenvalue weighted by Gasteiger charge is 2.16. The highest BCUT2D eigenvalue weighted by atomic mass is 32.1. The molecule has 0 atom stereocenters. The van der Waals surface area contributed by atoms with E-state index in [-0.39, 0.29) is 11.7 Å². The van der Waals surface area contributed by atoms with Crippen LogP contribution in [0, 0.1) is 12.7 Å². The average Bonchev–Trinajstić information content (AvgIpc) is 3.24. The van der Waals surface area contributed by atoms with Crippen LogP contribution in [0.2, 0.25) is 0 Å². The number of benzene rings is 2. The number of nitrogens with one attached hydrogen (secondary N) is 1. The summed E-state index contributed by atoms with van der Waals surface area (Å²) in [7, 11) is 0. The zero-order valence-corrected chi connectivity index (χ0v) is 15.6. The Morgan fingerprint density at radius 3 is 2.59 bits per heavy atom. The molecule has 0 aliphatic rings. The Bertz CT molecular complexity index is 1080. The van der Waals surface area contributed by atoms with Gasteiger partial charge in [-0.1, -0.05) is 42.5 Å². The summed E-state index contributed by atoms with van der Waals surface area (Å²) in [4.78, 5) is 14.2. The highest BCUT2D eigenvalue weighted by Crippen LogP contribution is 2.29. The lowest BCUT2D eigenvalue weighted by molar-refractivity contribution is 0.0955. The number of carbonyl (C=O) groups is 1. The molecule has 2 aromatic carbocycles. The number of nitrogens with zero attached hydrogens (tertiary/aromatic N) is 2. The molecule has 0 saturated carbocycles. The molecule has 4 nitrogen and oxygen atoms in total. The van der Waals surface area contributed by atoms with Crippen LogP contribution in [0.3, 0.4) is 0 Å². The smallest absolute Gasteiger partial charge is 0.261 e. The van der Waals surface area contributed by atoms with Crippen molar-refractivity contribution in [1.29, 1.82) is 0 Å². The van der Waals surface area contributed by atoms with Gasteiger partial charge < -0.3 is 5.32 Å². The van der Waals surface area contributed by atoms with Crippen molar-refractivity contribution in [3.05, 3.63) is 88.2 Å². The number of amides is 1. The van der Waals surface area contributed by atoms with Crippen LogP contribution in [-0.4, -0.2) is 15.7 Å². The van der Waals surface area contributed by atoms with Crippen LogP contribution >= 0.6 is 11.3 Å². The number of halogens is 1. The monoisotopic (exact) mass is 379 g/mol. The van der Waals surface area contributed by atoms with E-state index >= 15 is 0 Å². The Morgan fingerprint density at radius 1 is 1.11 bits per heavy atom. The van der Waals surface area contributed by atoms with Crippen molar-refractivity contribution in [2.45, 2.75) is 20.0 Å². The van der Waals surface area contributed by atoms with Gasteiger partial charge in [-0.3, -0.25) is 9.48 Å². The Kier molecular flexibility index (Phi) is 4.73. The van der Waals surface area contributed by atoms with E-state index < -0.39 is 0 Å². The first-order valence-corrected chi connectivity index (χ1v) is 9.45. The number of hydrogen-bond acceptors (Lipinski definition) is 3. The maximum atomic E-state index is 13.0. The van der Waals surface area contributed by atoms with Crippen molar-refractivity contribution in [1.82, 2.24) is 15.1 Å². The Labute approximate surface area is 160 Å². The lowest BCUT2D eigenvalue weighted by atomic mass is 10.2. The van der Waals surface area contributed by atoms with Crippen molar-refractivity contribution >= 4 is 27.5 Å². The maximum Gasteiger partial charge on any atom is 0.261 e. The van der Waals surface area contributed by atoms with E-state index in [1.807, 2.05) is 35.9 Å². The van der Waals surface area contributed by atoms with E-state index in [0.29, 0.717) is 18.0 Å². The van der Waals surface area contributed by atoms with Crippen LogP contribution in [0.5, 0.6) is 0 Å². The zero-order valence-electron chi connectivity index (χ0n) is 14.8. The second-order valence-electron chi connectivity index (χ2n) is 6.37. The molecular formula is C21H18FN3OS. The molecule has 0 bridgehead atoms. The minimum atomic E-state index is -0.284. The van der Waals surface area contributed by atoms with E-state index in [1.165, 1.54) is 23.5 Å². The second-order valence-corrected chi connectivity index (χ2v) is 7.40. The predicted molar refractivity (Wildman–Crippen MR) is 105 cm³/mol. The molecule has 6 heteroatoms. The minimum Gasteiger partial charge on any atom is -0.347 e. The number of hydrogen-bond donors (Lipinski definition) is 1. The molecule has 1 amide bonds. The van der Waals surface area contributed by atoms with Gasteiger partial charge in [0.25, 0.3) is 5.91 Å². The standard InChI is InChI=1S/C21H18FN3OS/c1-14-18-11-19(20(26)23-12-15-7-9-17(22)10-8-15)27-21(18)25(24-14)13-16-5-3-2-4-6-16/h2-11H,12-13H2,1H3,(H,23,26). The van der Waals surface area contributed by atoms with Gasteiger partial charge in [0.2, 0.25) is 0 Å². The predicted octanol–water partition coefficient (Wildman–Crippen LogP) is 4.52. The molecule has 0 radical (unpaired) electrons. The van der Waals surface area contributed by atoms with Crippen LogP contribution < -0.4 is 5.32 Å². The van der Waals surface area contributed by atoms with Crippen molar-refractivity contribution in [2.24, 2.45) is 0 Å². The molecule has 136 valence electrons. The van der Waals surface area contributed by atoms with Crippen LogP contribution in [0.4, 0.5) is 4.39 Å². The number of fused-ring (bicyclic) bond motifs is 1. The van der Waals surface area contributed by atoms with E-state index in [1.54, 1.807) is 12.1 Å². The molecule has 0 aliphatic carbocycles. The fourth-order valence-electron chi connectivity index (χ4n) is 2.96. The van der Waals surface area contributed by atoms with Gasteiger partial charge in [0, 0.05) is 11.9 Å². The van der Waals surface area contributed by atoms with Crippen molar-refractivity contribution in [3.8, 4) is 0 Å². The third kappa shape index (κ3) is 3.75. The zero-order chi connectivity index (χ0) is 18.8. The van der Waals surface area contributed by atoms with E-state index in [0.717, 1.165) is 27.0 Å². The fourth-order valence-corrected chi connectivity index (χ4v) is 4.04.